The van der Waals surface area contributed by atoms with Gasteiger partial charge in [0.15, 0.2) is 0 Å². The van der Waals surface area contributed by atoms with Crippen LogP contribution in [0.5, 0.6) is 0 Å². The second-order valence-corrected chi connectivity index (χ2v) is 13.1. The molecule has 8 heteroatoms. The molecule has 2 amide bonds. The Kier molecular flexibility index (Phi) is 26.3. The molecule has 0 aromatic heterocycles. The largest absolute Gasteiger partial charge is 0.493 e. The molecule has 3 aliphatic rings. The van der Waals surface area contributed by atoms with E-state index in [2.05, 4.69) is 81.6 Å². The minimum absolute atomic E-state index is 0.175. The first-order valence-electron chi connectivity index (χ1n) is 18.0. The van der Waals surface area contributed by atoms with Crippen LogP contribution >= 0.6 is 0 Å². The van der Waals surface area contributed by atoms with Gasteiger partial charge in [-0.1, -0.05) is 26.3 Å². The van der Waals surface area contributed by atoms with Crippen LogP contribution in [0.25, 0.3) is 0 Å². The summed E-state index contributed by atoms with van der Waals surface area (Å²) in [7, 11) is 8.36. The van der Waals surface area contributed by atoms with E-state index in [1.165, 1.54) is 70.2 Å². The van der Waals surface area contributed by atoms with Gasteiger partial charge in [0.2, 0.25) is 0 Å². The second kappa shape index (κ2) is 27.7. The molecule has 46 heavy (non-hydrogen) atoms. The summed E-state index contributed by atoms with van der Waals surface area (Å²) >= 11 is 0. The first kappa shape index (κ1) is 43.7. The van der Waals surface area contributed by atoms with Gasteiger partial charge in [0.1, 0.15) is 12.0 Å². The van der Waals surface area contributed by atoms with E-state index in [9.17, 15) is 9.59 Å². The van der Waals surface area contributed by atoms with Crippen molar-refractivity contribution >= 4 is 12.3 Å². The summed E-state index contributed by atoms with van der Waals surface area (Å²) in [5.41, 5.74) is 1.39. The van der Waals surface area contributed by atoms with E-state index in [1.54, 1.807) is 4.90 Å². The quantitative estimate of drug-likeness (QED) is 0.105. The number of ether oxygens (including phenoxy) is 1. The molecule has 3 aliphatic heterocycles. The average Bonchev–Trinajstić information content (AvgIpc) is 3.64. The van der Waals surface area contributed by atoms with Gasteiger partial charge in [0.05, 0.1) is 13.2 Å². The number of likely N-dealkylation sites (tertiary alicyclic amines) is 1. The first-order valence-corrected chi connectivity index (χ1v) is 18.0. The number of carbonyl (C=O) groups excluding carboxylic acids is 2. The average molecular weight is 646 g/mol. The summed E-state index contributed by atoms with van der Waals surface area (Å²) in [5, 5.41) is 0. The van der Waals surface area contributed by atoms with Crippen molar-refractivity contribution in [2.24, 2.45) is 5.92 Å². The smallest absolute Gasteiger partial charge is 0.319 e. The fourth-order valence-electron chi connectivity index (χ4n) is 6.12. The number of hydrogen-bond donors (Lipinski definition) is 0. The predicted octanol–water partition coefficient (Wildman–Crippen LogP) is 6.78. The Morgan fingerprint density at radius 3 is 2.28 bits per heavy atom. The Morgan fingerprint density at radius 1 is 0.978 bits per heavy atom. The van der Waals surface area contributed by atoms with Crippen LogP contribution in [0.1, 0.15) is 98.3 Å². The molecule has 3 saturated heterocycles. The van der Waals surface area contributed by atoms with Gasteiger partial charge in [-0.3, -0.25) is 4.90 Å². The molecule has 0 radical (unpaired) electrons. The number of allylic oxidation sites excluding steroid dienone is 3. The van der Waals surface area contributed by atoms with E-state index >= 15 is 0 Å². The Labute approximate surface area is 284 Å². The highest BCUT2D eigenvalue weighted by atomic mass is 16.5. The van der Waals surface area contributed by atoms with Gasteiger partial charge >= 0.3 is 6.03 Å². The normalized spacial score (nSPS) is 21.4. The molecule has 2 atom stereocenters. The minimum Gasteiger partial charge on any atom is -0.493 e. The molecular formula is C38H71N5O3. The van der Waals surface area contributed by atoms with E-state index in [0.717, 1.165) is 76.4 Å². The number of nitrogens with zero attached hydrogens (tertiary/aromatic N) is 5. The lowest BCUT2D eigenvalue weighted by atomic mass is 9.99. The number of hydrogen-bond acceptors (Lipinski definition) is 6. The van der Waals surface area contributed by atoms with E-state index in [1.807, 2.05) is 18.9 Å². The molecule has 3 heterocycles. The highest BCUT2D eigenvalue weighted by molar-refractivity contribution is 5.74. The molecule has 266 valence electrons. The van der Waals surface area contributed by atoms with Gasteiger partial charge in [-0.05, 0) is 130 Å². The van der Waals surface area contributed by atoms with Gasteiger partial charge in [-0.2, -0.15) is 0 Å². The lowest BCUT2D eigenvalue weighted by Gasteiger charge is -2.32. The maximum atomic E-state index is 11.2. The number of aldehydes is 1. The number of carbonyl (C=O) groups is 2. The van der Waals surface area contributed by atoms with Gasteiger partial charge in [0, 0.05) is 45.7 Å². The molecule has 0 aliphatic carbocycles. The van der Waals surface area contributed by atoms with Crippen LogP contribution in [0.3, 0.4) is 0 Å². The van der Waals surface area contributed by atoms with Crippen LogP contribution < -0.4 is 0 Å². The highest BCUT2D eigenvalue weighted by Gasteiger charge is 2.28. The minimum atomic E-state index is 0.175. The standard InChI is InChI=1S/C18H29NO2.C11H26N2.C7H14N2O.C2H2/c1-3-6-17-9-12-21-18(17)8-5-4-7-16-13-15(2)19(14-16)10-11-20;1-5-6-10-13(4)11-8-7-9-12(2)3;1-3-9-6-4-5-8(2)7(9)10;1-2/h6,8,11,15-16H,3-5,7,9-10,12-14H2,1-2H3;5-11H2,1-4H3;3-6H2,1-2H3;1-2H/b17-6-,18-8+;;;/t15-,16?;;;/m0.../s1. The number of rotatable bonds is 16. The van der Waals surface area contributed by atoms with E-state index in [4.69, 9.17) is 4.74 Å². The summed E-state index contributed by atoms with van der Waals surface area (Å²) in [6, 6.07) is 0.740. The summed E-state index contributed by atoms with van der Waals surface area (Å²) in [6.07, 6.45) is 27.0. The fourth-order valence-corrected chi connectivity index (χ4v) is 6.12. The zero-order valence-corrected chi connectivity index (χ0v) is 31.1. The van der Waals surface area contributed by atoms with E-state index < -0.39 is 0 Å². The SMILES string of the molecule is C#C.CC/C=C1/CCO/C1=C/CCCC1C[C@H](C)N(CC=O)C1.CCCCN(C)CCCCN(C)C.CCN1CCCN(C)C1=O. The predicted molar refractivity (Wildman–Crippen MR) is 196 cm³/mol. The Hall–Kier alpha value is -2.34. The third-order valence-electron chi connectivity index (χ3n) is 8.83. The third kappa shape index (κ3) is 19.4. The van der Waals surface area contributed by atoms with Crippen molar-refractivity contribution in [3.63, 3.8) is 0 Å². The lowest BCUT2D eigenvalue weighted by molar-refractivity contribution is -0.109. The van der Waals surface area contributed by atoms with Gasteiger partial charge < -0.3 is 29.1 Å². The maximum absolute atomic E-state index is 11.2. The molecule has 0 saturated carbocycles. The molecule has 0 spiro atoms. The lowest BCUT2D eigenvalue weighted by Crippen LogP contribution is -2.47. The van der Waals surface area contributed by atoms with Gasteiger partial charge in [-0.25, -0.2) is 4.79 Å². The summed E-state index contributed by atoms with van der Waals surface area (Å²) < 4.78 is 5.70. The van der Waals surface area contributed by atoms with Crippen LogP contribution in [0, 0.1) is 18.8 Å². The summed E-state index contributed by atoms with van der Waals surface area (Å²) in [4.78, 5) is 32.5. The zero-order chi connectivity index (χ0) is 34.7. The van der Waals surface area contributed by atoms with Crippen LogP contribution in [0.4, 0.5) is 4.79 Å². The Bertz CT molecular complexity index is 872. The van der Waals surface area contributed by atoms with Crippen LogP contribution in [0.2, 0.25) is 0 Å². The van der Waals surface area contributed by atoms with E-state index in [0.29, 0.717) is 12.6 Å². The van der Waals surface area contributed by atoms with Crippen LogP contribution in [-0.2, 0) is 9.53 Å². The highest BCUT2D eigenvalue weighted by Crippen LogP contribution is 2.28. The number of urea groups is 1. The Balaban J connectivity index is 0.000000695. The van der Waals surface area contributed by atoms with Gasteiger partial charge in [0.25, 0.3) is 0 Å². The molecule has 0 N–H and O–H groups in total. The van der Waals surface area contributed by atoms with Crippen molar-refractivity contribution in [3.8, 4) is 12.8 Å². The van der Waals surface area contributed by atoms with Crippen molar-refractivity contribution in [2.75, 3.05) is 87.2 Å². The zero-order valence-electron chi connectivity index (χ0n) is 31.1. The molecule has 3 rings (SSSR count). The summed E-state index contributed by atoms with van der Waals surface area (Å²) in [6.45, 7) is 17.6. The maximum Gasteiger partial charge on any atom is 0.319 e. The van der Waals surface area contributed by atoms with Crippen molar-refractivity contribution in [2.45, 2.75) is 104 Å². The number of terminal acetylenes is 1. The van der Waals surface area contributed by atoms with Crippen molar-refractivity contribution in [3.05, 3.63) is 23.5 Å². The topological polar surface area (TPSA) is 59.6 Å². The van der Waals surface area contributed by atoms with Crippen molar-refractivity contribution in [1.29, 1.82) is 0 Å². The van der Waals surface area contributed by atoms with E-state index in [-0.39, 0.29) is 6.03 Å². The second-order valence-electron chi connectivity index (χ2n) is 13.1. The monoisotopic (exact) mass is 646 g/mol. The molecule has 8 nitrogen and oxygen atoms in total. The molecule has 0 bridgehead atoms. The number of unbranched alkanes of at least 4 members (excludes halogenated alkanes) is 3. The molecular weight excluding hydrogens is 574 g/mol. The molecule has 1 unspecified atom stereocenters. The fraction of sp³-hybridized carbons (Fsp3) is 0.789. The van der Waals surface area contributed by atoms with Crippen LogP contribution in [0.15, 0.2) is 23.5 Å². The molecule has 0 aromatic rings. The Morgan fingerprint density at radius 2 is 1.67 bits per heavy atom. The van der Waals surface area contributed by atoms with Gasteiger partial charge in [-0.15, -0.1) is 12.8 Å². The number of amides is 2. The third-order valence-corrected chi connectivity index (χ3v) is 8.83. The molecule has 3 fully saturated rings. The molecule has 0 aromatic carbocycles. The first-order chi connectivity index (χ1) is 22.2. The van der Waals surface area contributed by atoms with Crippen molar-refractivity contribution in [1.82, 2.24) is 24.5 Å². The summed E-state index contributed by atoms with van der Waals surface area (Å²) in [5.74, 6) is 1.88. The van der Waals surface area contributed by atoms with Crippen LogP contribution in [-0.4, -0.2) is 130 Å². The van der Waals surface area contributed by atoms with Crippen molar-refractivity contribution < 1.29 is 14.3 Å².